The van der Waals surface area contributed by atoms with E-state index >= 15 is 0 Å². The van der Waals surface area contributed by atoms with Gasteiger partial charge in [-0.2, -0.15) is 0 Å². The molecule has 0 aromatic heterocycles. The van der Waals surface area contributed by atoms with Gasteiger partial charge in [-0.25, -0.2) is 0 Å². The van der Waals surface area contributed by atoms with Crippen molar-refractivity contribution in [3.05, 3.63) is 0 Å². The molecular weight excluding hydrogens is 625 g/mol. The van der Waals surface area contributed by atoms with Crippen molar-refractivity contribution in [1.29, 1.82) is 0 Å². The Balaban J connectivity index is -0.0000000211. The average Bonchev–Trinajstić information content (AvgIpc) is 2.35. The number of hydrogen-bond donors (Lipinski definition) is 8. The summed E-state index contributed by atoms with van der Waals surface area (Å²) in [5.74, 6) is -4.17. The first-order valence-corrected chi connectivity index (χ1v) is 7.16. The summed E-state index contributed by atoms with van der Waals surface area (Å²) in [5, 5.41) is 40.1. The molecule has 0 bridgehead atoms. The molecule has 0 aliphatic rings. The summed E-state index contributed by atoms with van der Waals surface area (Å²) in [6.07, 6.45) is 0. The molecule has 0 saturated heterocycles. The number of carboxylic acid groups (broad SMARTS) is 5. The van der Waals surface area contributed by atoms with Gasteiger partial charge in [-0.1, -0.05) is 0 Å². The molecule has 0 aromatic carbocycles. The predicted octanol–water partition coefficient (Wildman–Crippen LogP) is -2.58. The Hall–Kier alpha value is 3.71. The minimum Gasteiger partial charge on any atom is -0.481 e. The Morgan fingerprint density at radius 1 is 0.548 bits per heavy atom. The predicted molar refractivity (Wildman–Crippen MR) is 121 cm³/mol. The number of aliphatic carboxylic acids is 5. The van der Waals surface area contributed by atoms with Gasteiger partial charge in [0.25, 0.3) is 29.8 Å². The maximum absolute atomic E-state index is 9.00. The van der Waals surface area contributed by atoms with Gasteiger partial charge in [-0.15, -0.1) is 0 Å². The van der Waals surface area contributed by atoms with Crippen LogP contribution in [0.4, 0.5) is 0 Å². The van der Waals surface area contributed by atoms with E-state index in [0.29, 0.717) is 13.1 Å². The fourth-order valence-corrected chi connectivity index (χ4v) is 0.329. The zero-order chi connectivity index (χ0) is 23.4. The van der Waals surface area contributed by atoms with Crippen LogP contribution in [0.2, 0.25) is 0 Å². The molecular formula is C14H33BaK3N3O10. The van der Waals surface area contributed by atoms with Crippen LogP contribution < -0.4 is 16.8 Å². The number of hydrogen-bond acceptors (Lipinski definition) is 8. The van der Waals surface area contributed by atoms with E-state index in [4.69, 9.17) is 61.0 Å². The topological polar surface area (TPSA) is 251 Å². The van der Waals surface area contributed by atoms with Crippen LogP contribution in [0.3, 0.4) is 0 Å². The van der Waals surface area contributed by atoms with E-state index < -0.39 is 29.8 Å². The summed E-state index contributed by atoms with van der Waals surface area (Å²) in [4.78, 5) is 45.0. The molecule has 5 radical (unpaired) electrons. The van der Waals surface area contributed by atoms with E-state index in [0.717, 1.165) is 47.7 Å². The Kier molecular flexibility index (Phi) is 134. The fourth-order valence-electron chi connectivity index (χ4n) is 0.329. The molecule has 0 heterocycles. The number of nitrogens with two attached hydrogens (primary N) is 2. The summed E-state index contributed by atoms with van der Waals surface area (Å²) < 4.78 is 0. The molecule has 13 nitrogen and oxygen atoms in total. The van der Waals surface area contributed by atoms with Crippen LogP contribution >= 0.6 is 0 Å². The van der Waals surface area contributed by atoms with Crippen LogP contribution in [-0.2, 0) is 24.0 Å². The van der Waals surface area contributed by atoms with E-state index in [-0.39, 0.29) is 203 Å². The van der Waals surface area contributed by atoms with Crippen molar-refractivity contribution in [1.82, 2.24) is 5.32 Å². The summed E-state index contributed by atoms with van der Waals surface area (Å²) in [7, 11) is 0. The Morgan fingerprint density at radius 3 is 0.710 bits per heavy atom. The number of carbonyl (C=O) groups is 5. The van der Waals surface area contributed by atoms with Crippen molar-refractivity contribution in [2.75, 3.05) is 26.2 Å². The number of rotatable bonds is 4. The largest absolute Gasteiger partial charge is 0.481 e. The van der Waals surface area contributed by atoms with Crippen LogP contribution in [0.25, 0.3) is 0 Å². The van der Waals surface area contributed by atoms with E-state index in [9.17, 15) is 0 Å². The minimum absolute atomic E-state index is 0. The fraction of sp³-hybridized carbons (Fsp3) is 0.643. The molecule has 0 amide bonds. The van der Waals surface area contributed by atoms with E-state index in [1.807, 2.05) is 0 Å². The first kappa shape index (κ1) is 64.6. The van der Waals surface area contributed by atoms with Crippen molar-refractivity contribution in [3.8, 4) is 0 Å². The maximum atomic E-state index is 9.00. The number of carboxylic acids is 5. The second-order valence-corrected chi connectivity index (χ2v) is 3.92. The Labute approximate surface area is 351 Å². The van der Waals surface area contributed by atoms with Gasteiger partial charge in [0.05, 0.1) is 0 Å². The van der Waals surface area contributed by atoms with Gasteiger partial charge in [0, 0.05) is 264 Å². The monoisotopic (exact) mass is 658 g/mol. The molecule has 0 spiro atoms. The van der Waals surface area contributed by atoms with Crippen molar-refractivity contribution < 1.29 is 49.5 Å². The van der Waals surface area contributed by atoms with Gasteiger partial charge in [0.2, 0.25) is 0 Å². The third-order valence-electron chi connectivity index (χ3n) is 0.642. The molecule has 31 heavy (non-hydrogen) atoms. The molecule has 0 aliphatic carbocycles. The SMILES string of the molecule is CC(=O)O.CC(=O)O.CC(=O)O.CC(=O)O.CC(=O)O.NCCNCCN.[Ba].[K].[K].[K]. The van der Waals surface area contributed by atoms with Crippen molar-refractivity contribution in [3.63, 3.8) is 0 Å². The molecule has 10 N–H and O–H groups in total. The van der Waals surface area contributed by atoms with Gasteiger partial charge in [0.15, 0.2) is 0 Å². The normalized spacial score (nSPS) is 6.16. The Bertz CT molecular complexity index is 303. The summed E-state index contributed by atoms with van der Waals surface area (Å²) in [6, 6.07) is 0. The summed E-state index contributed by atoms with van der Waals surface area (Å²) >= 11 is 0. The van der Waals surface area contributed by atoms with Crippen LogP contribution in [0, 0.1) is 0 Å². The molecule has 0 aliphatic heterocycles. The first-order chi connectivity index (χ1) is 12.1. The molecule has 0 saturated carbocycles. The molecule has 0 rings (SSSR count). The van der Waals surface area contributed by atoms with Crippen molar-refractivity contribution in [2.24, 2.45) is 11.5 Å². The van der Waals surface area contributed by atoms with Gasteiger partial charge in [0.1, 0.15) is 0 Å². The third kappa shape index (κ3) is 570. The molecule has 0 atom stereocenters. The summed E-state index contributed by atoms with van der Waals surface area (Å²) in [6.45, 7) is 8.55. The van der Waals surface area contributed by atoms with Gasteiger partial charge < -0.3 is 42.3 Å². The number of nitrogens with one attached hydrogen (secondary N) is 1. The molecule has 169 valence electrons. The van der Waals surface area contributed by atoms with Crippen molar-refractivity contribution >= 4 is 233 Å². The zero-order valence-electron chi connectivity index (χ0n) is 20.0. The molecule has 0 aromatic rings. The van der Waals surface area contributed by atoms with Gasteiger partial charge in [-0.05, 0) is 0 Å². The van der Waals surface area contributed by atoms with Crippen LogP contribution in [-0.4, -0.2) is 285 Å². The van der Waals surface area contributed by atoms with E-state index in [1.54, 1.807) is 0 Å². The zero-order valence-corrected chi connectivity index (χ0v) is 33.8. The summed E-state index contributed by atoms with van der Waals surface area (Å²) in [5.41, 5.74) is 10.3. The van der Waals surface area contributed by atoms with Crippen LogP contribution in [0.15, 0.2) is 0 Å². The molecule has 0 unspecified atom stereocenters. The molecule has 0 fully saturated rings. The quantitative estimate of drug-likeness (QED) is 0.114. The third-order valence-corrected chi connectivity index (χ3v) is 0.642. The second-order valence-electron chi connectivity index (χ2n) is 3.92. The first-order valence-electron chi connectivity index (χ1n) is 7.16. The average molecular weight is 658 g/mol. The standard InChI is InChI=1S/C4H13N3.5C2H4O2.Ba.3K/c5-1-3-7-4-2-6;5*1-2(3)4;;;;/h7H,1-6H2;5*1H3,(H,3,4);;;;. The second kappa shape index (κ2) is 64.2. The maximum Gasteiger partial charge on any atom is 0.300 e. The van der Waals surface area contributed by atoms with Gasteiger partial charge >= 0.3 is 0 Å². The van der Waals surface area contributed by atoms with E-state index in [2.05, 4.69) is 5.32 Å². The molecule has 17 heteroatoms. The van der Waals surface area contributed by atoms with Gasteiger partial charge in [-0.3, -0.25) is 24.0 Å². The van der Waals surface area contributed by atoms with Crippen LogP contribution in [0.5, 0.6) is 0 Å². The van der Waals surface area contributed by atoms with Crippen LogP contribution in [0.1, 0.15) is 34.6 Å². The van der Waals surface area contributed by atoms with Crippen molar-refractivity contribution in [2.45, 2.75) is 34.6 Å². The smallest absolute Gasteiger partial charge is 0.300 e. The van der Waals surface area contributed by atoms with E-state index in [1.165, 1.54) is 0 Å². The Morgan fingerprint density at radius 2 is 0.645 bits per heavy atom. The minimum atomic E-state index is -0.833.